The topological polar surface area (TPSA) is 30.0 Å². The third-order valence-corrected chi connectivity index (χ3v) is 11.5. The fourth-order valence-electron chi connectivity index (χ4n) is 9.48. The van der Waals surface area contributed by atoms with Gasteiger partial charge < -0.3 is 0 Å². The van der Waals surface area contributed by atoms with Gasteiger partial charge in [-0.1, -0.05) is 146 Å². The third kappa shape index (κ3) is 3.79. The highest BCUT2D eigenvalue weighted by atomic mass is 16.1. The molecule has 0 saturated carbocycles. The molecule has 2 atom stereocenters. The van der Waals surface area contributed by atoms with E-state index in [0.29, 0.717) is 6.42 Å². The number of rotatable bonds is 2. The highest BCUT2D eigenvalue weighted by molar-refractivity contribution is 6.16. The number of ketones is 1. The molecule has 2 heteroatoms. The van der Waals surface area contributed by atoms with Crippen LogP contribution in [0.2, 0.25) is 0 Å². The largest absolute Gasteiger partial charge is 0.293 e. The van der Waals surface area contributed by atoms with Crippen molar-refractivity contribution >= 4 is 27.3 Å². The number of nitrogens with zero attached hydrogens (tertiary/aromatic N) is 1. The van der Waals surface area contributed by atoms with E-state index in [2.05, 4.69) is 140 Å². The predicted octanol–water partition coefficient (Wildman–Crippen LogP) is 11.6. The van der Waals surface area contributed by atoms with Crippen molar-refractivity contribution in [1.29, 1.82) is 0 Å². The Hall–Kier alpha value is -6.12. The summed E-state index contributed by atoms with van der Waals surface area (Å²) in [6, 6.07) is 54.2. The standard InChI is InChI=1S/C48H31NO/c50-48-37-22-11-7-17-31(37)34-23-12-24-38-45-36-21-10-9-20-35(36)44-33-19-8-6-18-32(33)39(26-40(44)41(45)27-42(48)46(34)38)43-25-29-15-4-5-16-30(29)47(49-43)28-13-2-1-3-14-28/h1-25,39,42H,26-27H2. The van der Waals surface area contributed by atoms with Crippen LogP contribution < -0.4 is 0 Å². The van der Waals surface area contributed by atoms with Crippen LogP contribution in [0.4, 0.5) is 0 Å². The highest BCUT2D eigenvalue weighted by Gasteiger charge is 2.41. The van der Waals surface area contributed by atoms with Crippen molar-refractivity contribution in [1.82, 2.24) is 4.98 Å². The summed E-state index contributed by atoms with van der Waals surface area (Å²) in [7, 11) is 0. The summed E-state index contributed by atoms with van der Waals surface area (Å²) < 4.78 is 0. The van der Waals surface area contributed by atoms with Gasteiger partial charge in [0.15, 0.2) is 5.78 Å². The third-order valence-electron chi connectivity index (χ3n) is 11.5. The number of carbonyl (C=O) groups is 1. The van der Waals surface area contributed by atoms with Crippen LogP contribution in [0.15, 0.2) is 152 Å². The summed E-state index contributed by atoms with van der Waals surface area (Å²) in [5, 5.41) is 4.91. The molecule has 0 radical (unpaired) electrons. The lowest BCUT2D eigenvalue weighted by Crippen LogP contribution is -2.27. The van der Waals surface area contributed by atoms with E-state index in [0.717, 1.165) is 34.5 Å². The Kier molecular flexibility index (Phi) is 5.80. The van der Waals surface area contributed by atoms with Gasteiger partial charge in [-0.05, 0) is 90.7 Å². The van der Waals surface area contributed by atoms with Gasteiger partial charge in [0.1, 0.15) is 0 Å². The Morgan fingerprint density at radius 3 is 1.86 bits per heavy atom. The van der Waals surface area contributed by atoms with Crippen LogP contribution >= 0.6 is 0 Å². The van der Waals surface area contributed by atoms with Crippen LogP contribution in [-0.2, 0) is 12.8 Å². The van der Waals surface area contributed by atoms with Gasteiger partial charge in [-0.25, -0.2) is 0 Å². The van der Waals surface area contributed by atoms with Gasteiger partial charge in [-0.15, -0.1) is 0 Å². The van der Waals surface area contributed by atoms with E-state index in [1.165, 1.54) is 71.6 Å². The quantitative estimate of drug-likeness (QED) is 0.189. The fourth-order valence-corrected chi connectivity index (χ4v) is 9.48. The number of hydrogen-bond donors (Lipinski definition) is 0. The monoisotopic (exact) mass is 637 g/mol. The minimum absolute atomic E-state index is 0.0616. The molecule has 0 amide bonds. The van der Waals surface area contributed by atoms with Crippen molar-refractivity contribution in [3.8, 4) is 44.6 Å². The maximum Gasteiger partial charge on any atom is 0.171 e. The molecule has 1 aromatic heterocycles. The van der Waals surface area contributed by atoms with E-state index in [-0.39, 0.29) is 17.6 Å². The summed E-state index contributed by atoms with van der Waals surface area (Å²) in [6.07, 6.45) is 1.53. The normalized spacial score (nSPS) is 16.7. The summed E-state index contributed by atoms with van der Waals surface area (Å²) in [5.74, 6) is 0.101. The molecule has 0 saturated heterocycles. The first-order valence-corrected chi connectivity index (χ1v) is 17.6. The predicted molar refractivity (Wildman–Crippen MR) is 204 cm³/mol. The molecule has 3 aliphatic carbocycles. The van der Waals surface area contributed by atoms with E-state index in [9.17, 15) is 4.79 Å². The molecule has 1 heterocycles. The molecular weight excluding hydrogens is 607 g/mol. The average Bonchev–Trinajstić information content (AvgIpc) is 3.19. The molecule has 0 bridgehead atoms. The lowest BCUT2D eigenvalue weighted by atomic mass is 9.64. The van der Waals surface area contributed by atoms with Crippen LogP contribution in [-0.4, -0.2) is 10.8 Å². The number of hydrogen-bond acceptors (Lipinski definition) is 2. The Balaban J connectivity index is 1.20. The number of aromatic nitrogens is 1. The molecule has 234 valence electrons. The second-order valence-corrected chi connectivity index (χ2v) is 14.0. The van der Waals surface area contributed by atoms with Gasteiger partial charge in [0.2, 0.25) is 0 Å². The van der Waals surface area contributed by atoms with Gasteiger partial charge >= 0.3 is 0 Å². The first kappa shape index (κ1) is 27.8. The molecule has 2 nitrogen and oxygen atoms in total. The maximum absolute atomic E-state index is 14.4. The first-order chi connectivity index (χ1) is 24.7. The van der Waals surface area contributed by atoms with Crippen molar-refractivity contribution in [3.63, 3.8) is 0 Å². The Morgan fingerprint density at radius 2 is 1.06 bits per heavy atom. The Morgan fingerprint density at radius 1 is 0.480 bits per heavy atom. The van der Waals surface area contributed by atoms with E-state index < -0.39 is 0 Å². The zero-order valence-electron chi connectivity index (χ0n) is 27.4. The molecule has 0 aliphatic heterocycles. The lowest BCUT2D eigenvalue weighted by Gasteiger charge is -2.38. The van der Waals surface area contributed by atoms with Gasteiger partial charge in [-0.2, -0.15) is 0 Å². The summed E-state index contributed by atoms with van der Waals surface area (Å²) in [5.41, 5.74) is 16.6. The Bertz CT molecular complexity index is 2740. The number of benzene rings is 7. The maximum atomic E-state index is 14.4. The summed E-state index contributed by atoms with van der Waals surface area (Å²) >= 11 is 0. The summed E-state index contributed by atoms with van der Waals surface area (Å²) in [4.78, 5) is 19.9. The van der Waals surface area contributed by atoms with E-state index >= 15 is 0 Å². The average molecular weight is 638 g/mol. The van der Waals surface area contributed by atoms with Crippen LogP contribution in [0.25, 0.3) is 66.2 Å². The zero-order chi connectivity index (χ0) is 32.9. The van der Waals surface area contributed by atoms with Crippen LogP contribution in [0.5, 0.6) is 0 Å². The smallest absolute Gasteiger partial charge is 0.171 e. The summed E-state index contributed by atoms with van der Waals surface area (Å²) in [6.45, 7) is 0. The molecule has 0 fully saturated rings. The molecular formula is C48H31NO. The van der Waals surface area contributed by atoms with Crippen molar-refractivity contribution in [2.45, 2.75) is 24.7 Å². The van der Waals surface area contributed by atoms with Crippen LogP contribution in [0.3, 0.4) is 0 Å². The van der Waals surface area contributed by atoms with Crippen LogP contribution in [0, 0.1) is 0 Å². The lowest BCUT2D eigenvalue weighted by molar-refractivity contribution is 0.0957. The highest BCUT2D eigenvalue weighted by Crippen LogP contribution is 2.56. The van der Waals surface area contributed by atoms with E-state index in [1.54, 1.807) is 0 Å². The zero-order valence-corrected chi connectivity index (χ0v) is 27.4. The SMILES string of the molecule is O=C1c2ccccc2-c2cccc3c2C1Cc1c2c(c4ccccc4c1-3)-c1ccccc1C(c1cc3ccccc3c(-c3ccccc3)n1)C2. The van der Waals surface area contributed by atoms with Crippen molar-refractivity contribution in [2.75, 3.05) is 0 Å². The van der Waals surface area contributed by atoms with Crippen molar-refractivity contribution < 1.29 is 4.79 Å². The van der Waals surface area contributed by atoms with E-state index in [1.807, 2.05) is 12.1 Å². The second kappa shape index (κ2) is 10.4. The molecule has 2 unspecified atom stereocenters. The van der Waals surface area contributed by atoms with E-state index in [4.69, 9.17) is 4.98 Å². The molecule has 50 heavy (non-hydrogen) atoms. The number of Topliss-reactive ketones (excluding diaryl/α,β-unsaturated/α-hetero) is 1. The van der Waals surface area contributed by atoms with Gasteiger partial charge in [-0.3, -0.25) is 9.78 Å². The van der Waals surface area contributed by atoms with Gasteiger partial charge in [0.25, 0.3) is 0 Å². The molecule has 3 aliphatic rings. The van der Waals surface area contributed by atoms with Gasteiger partial charge in [0.05, 0.1) is 11.6 Å². The molecule has 0 N–H and O–H groups in total. The van der Waals surface area contributed by atoms with Gasteiger partial charge in [0, 0.05) is 28.1 Å². The van der Waals surface area contributed by atoms with Crippen molar-refractivity contribution in [2.24, 2.45) is 0 Å². The minimum Gasteiger partial charge on any atom is -0.293 e. The molecule has 8 aromatic rings. The number of fused-ring (bicyclic) bond motifs is 12. The van der Waals surface area contributed by atoms with Crippen molar-refractivity contribution in [3.05, 3.63) is 185 Å². The number of carbonyl (C=O) groups excluding carboxylic acids is 1. The molecule has 7 aromatic carbocycles. The molecule has 11 rings (SSSR count). The second-order valence-electron chi connectivity index (χ2n) is 14.0. The fraction of sp³-hybridized carbons (Fsp3) is 0.0833. The minimum atomic E-state index is -0.201. The Labute approximate surface area is 290 Å². The molecule has 0 spiro atoms. The first-order valence-electron chi connectivity index (χ1n) is 17.6. The van der Waals surface area contributed by atoms with Crippen LogP contribution in [0.1, 0.15) is 50.1 Å². The number of pyridine rings is 1.